The van der Waals surface area contributed by atoms with Gasteiger partial charge in [0.05, 0.1) is 0 Å². The van der Waals surface area contributed by atoms with Crippen molar-refractivity contribution in [2.24, 2.45) is 5.41 Å². The Morgan fingerprint density at radius 1 is 0.789 bits per heavy atom. The Balaban J connectivity index is 2.23. The van der Waals surface area contributed by atoms with Gasteiger partial charge in [-0.1, -0.05) is 62.4 Å². The molecule has 0 radical (unpaired) electrons. The van der Waals surface area contributed by atoms with Gasteiger partial charge in [0.1, 0.15) is 0 Å². The molecule has 1 aromatic rings. The minimum absolute atomic E-state index is 0.0659. The minimum Gasteiger partial charge on any atom is -0.289 e. The van der Waals surface area contributed by atoms with Gasteiger partial charge in [-0.25, -0.2) is 0 Å². The summed E-state index contributed by atoms with van der Waals surface area (Å²) < 4.78 is 0. The van der Waals surface area contributed by atoms with Crippen molar-refractivity contribution >= 4 is 11.6 Å². The Labute approximate surface area is 112 Å². The molecule has 0 heterocycles. The first kappa shape index (κ1) is 11.8. The van der Waals surface area contributed by atoms with Gasteiger partial charge in [-0.3, -0.25) is 9.59 Å². The first-order valence-electron chi connectivity index (χ1n) is 6.31. The van der Waals surface area contributed by atoms with Gasteiger partial charge in [-0.2, -0.15) is 0 Å². The Kier molecular flexibility index (Phi) is 2.42. The summed E-state index contributed by atoms with van der Waals surface area (Å²) >= 11 is 0. The molecule has 0 aromatic heterocycles. The number of allylic oxidation sites excluding steroid dienone is 6. The number of rotatable bonds is 0. The quantitative estimate of drug-likeness (QED) is 0.706. The number of fused-ring (bicyclic) bond motifs is 1. The van der Waals surface area contributed by atoms with E-state index < -0.39 is 0 Å². The fraction of sp³-hybridized carbons (Fsp3) is 0.176. The van der Waals surface area contributed by atoms with E-state index in [-0.39, 0.29) is 17.0 Å². The van der Waals surface area contributed by atoms with Crippen LogP contribution in [0, 0.1) is 5.41 Å². The third kappa shape index (κ3) is 1.80. The lowest BCUT2D eigenvalue weighted by Crippen LogP contribution is -2.20. The molecular formula is C17H14O2. The second-order valence-electron chi connectivity index (χ2n) is 5.52. The van der Waals surface area contributed by atoms with Gasteiger partial charge < -0.3 is 0 Å². The van der Waals surface area contributed by atoms with Gasteiger partial charge in [0.15, 0.2) is 11.6 Å². The molecule has 19 heavy (non-hydrogen) atoms. The molecule has 0 N–H and O–H groups in total. The van der Waals surface area contributed by atoms with Crippen molar-refractivity contribution in [3.8, 4) is 0 Å². The SMILES string of the molecule is CC1(C)C=CC2=C(C=C1)C(=O)c1ccccc1C2=O. The molecule has 0 fully saturated rings. The Bertz CT molecular complexity index is 628. The molecule has 3 rings (SSSR count). The van der Waals surface area contributed by atoms with Crippen molar-refractivity contribution in [1.29, 1.82) is 0 Å². The van der Waals surface area contributed by atoms with Crippen LogP contribution in [0.3, 0.4) is 0 Å². The highest BCUT2D eigenvalue weighted by Crippen LogP contribution is 2.32. The monoisotopic (exact) mass is 250 g/mol. The summed E-state index contributed by atoms with van der Waals surface area (Å²) in [7, 11) is 0. The Morgan fingerprint density at radius 3 is 1.63 bits per heavy atom. The van der Waals surface area contributed by atoms with Crippen molar-refractivity contribution in [2.75, 3.05) is 0 Å². The summed E-state index contributed by atoms with van der Waals surface area (Å²) in [6.07, 6.45) is 7.49. The van der Waals surface area contributed by atoms with Crippen molar-refractivity contribution in [1.82, 2.24) is 0 Å². The maximum absolute atomic E-state index is 12.5. The van der Waals surface area contributed by atoms with E-state index in [0.717, 1.165) is 0 Å². The summed E-state index contributed by atoms with van der Waals surface area (Å²) in [6, 6.07) is 7.01. The van der Waals surface area contributed by atoms with Gasteiger partial charge in [0, 0.05) is 27.7 Å². The van der Waals surface area contributed by atoms with Crippen LogP contribution in [0.4, 0.5) is 0 Å². The molecule has 0 atom stereocenters. The normalized spacial score (nSPS) is 20.1. The van der Waals surface area contributed by atoms with Gasteiger partial charge in [-0.15, -0.1) is 0 Å². The maximum Gasteiger partial charge on any atom is 0.194 e. The van der Waals surface area contributed by atoms with Crippen LogP contribution < -0.4 is 0 Å². The lowest BCUT2D eigenvalue weighted by molar-refractivity contribution is 0.0980. The van der Waals surface area contributed by atoms with Gasteiger partial charge in [0.2, 0.25) is 0 Å². The third-order valence-electron chi connectivity index (χ3n) is 3.55. The van der Waals surface area contributed by atoms with Crippen LogP contribution >= 0.6 is 0 Å². The number of ketones is 2. The molecule has 0 spiro atoms. The molecule has 2 aliphatic rings. The smallest absolute Gasteiger partial charge is 0.194 e. The zero-order valence-electron chi connectivity index (χ0n) is 10.9. The highest BCUT2D eigenvalue weighted by Gasteiger charge is 2.30. The van der Waals surface area contributed by atoms with E-state index in [4.69, 9.17) is 0 Å². The lowest BCUT2D eigenvalue weighted by Gasteiger charge is -2.16. The summed E-state index contributed by atoms with van der Waals surface area (Å²) in [5.74, 6) is -0.132. The topological polar surface area (TPSA) is 34.1 Å². The summed E-state index contributed by atoms with van der Waals surface area (Å²) in [4.78, 5) is 24.9. The summed E-state index contributed by atoms with van der Waals surface area (Å²) in [5.41, 5.74) is 1.87. The summed E-state index contributed by atoms with van der Waals surface area (Å²) in [5, 5.41) is 0. The van der Waals surface area contributed by atoms with Gasteiger partial charge in [0.25, 0.3) is 0 Å². The van der Waals surface area contributed by atoms with Crippen LogP contribution in [-0.4, -0.2) is 11.6 Å². The molecule has 1 aromatic carbocycles. The van der Waals surface area contributed by atoms with Crippen LogP contribution in [-0.2, 0) is 0 Å². The highest BCUT2D eigenvalue weighted by atomic mass is 16.1. The van der Waals surface area contributed by atoms with Crippen molar-refractivity contribution in [2.45, 2.75) is 13.8 Å². The van der Waals surface area contributed by atoms with E-state index in [1.807, 2.05) is 26.0 Å². The van der Waals surface area contributed by atoms with Crippen molar-refractivity contribution in [3.05, 3.63) is 70.8 Å². The number of hydrogen-bond acceptors (Lipinski definition) is 2. The zero-order chi connectivity index (χ0) is 13.6. The van der Waals surface area contributed by atoms with E-state index >= 15 is 0 Å². The highest BCUT2D eigenvalue weighted by molar-refractivity contribution is 6.29. The molecule has 0 aliphatic heterocycles. The van der Waals surface area contributed by atoms with E-state index in [9.17, 15) is 9.59 Å². The first-order chi connectivity index (χ1) is 8.99. The van der Waals surface area contributed by atoms with E-state index in [2.05, 4.69) is 0 Å². The standard InChI is InChI=1S/C17H14O2/c1-17(2)9-7-13-14(8-10-17)16(19)12-6-4-3-5-11(12)15(13)18/h3-10H,1-2H3. The number of carbonyl (C=O) groups is 2. The van der Waals surface area contributed by atoms with Gasteiger partial charge >= 0.3 is 0 Å². The van der Waals surface area contributed by atoms with Gasteiger partial charge in [-0.05, 0) is 0 Å². The van der Waals surface area contributed by atoms with E-state index in [1.165, 1.54) is 0 Å². The van der Waals surface area contributed by atoms with Crippen LogP contribution in [0.25, 0.3) is 0 Å². The lowest BCUT2D eigenvalue weighted by atomic mass is 9.84. The predicted octanol–water partition coefficient (Wildman–Crippen LogP) is 3.51. The molecule has 0 unspecified atom stereocenters. The number of benzene rings is 1. The predicted molar refractivity (Wildman–Crippen MR) is 74.2 cm³/mol. The van der Waals surface area contributed by atoms with Crippen LogP contribution in [0.1, 0.15) is 34.6 Å². The maximum atomic E-state index is 12.5. The molecule has 2 aliphatic carbocycles. The molecule has 94 valence electrons. The largest absolute Gasteiger partial charge is 0.289 e. The average Bonchev–Trinajstić information content (AvgIpc) is 2.55. The number of Topliss-reactive ketones (excluding diaryl/α,β-unsaturated/α-hetero) is 2. The summed E-state index contributed by atoms with van der Waals surface area (Å²) in [6.45, 7) is 4.08. The van der Waals surface area contributed by atoms with Crippen LogP contribution in [0.15, 0.2) is 59.7 Å². The molecular weight excluding hydrogens is 236 g/mol. The van der Waals surface area contributed by atoms with Crippen LogP contribution in [0.2, 0.25) is 0 Å². The molecule has 0 bridgehead atoms. The first-order valence-corrected chi connectivity index (χ1v) is 6.31. The fourth-order valence-corrected chi connectivity index (χ4v) is 2.40. The number of carbonyl (C=O) groups excluding carboxylic acids is 2. The van der Waals surface area contributed by atoms with E-state index in [0.29, 0.717) is 22.3 Å². The fourth-order valence-electron chi connectivity index (χ4n) is 2.40. The molecule has 0 saturated carbocycles. The second-order valence-corrected chi connectivity index (χ2v) is 5.52. The Hall–Kier alpha value is -2.22. The van der Waals surface area contributed by atoms with E-state index in [1.54, 1.807) is 36.4 Å². The van der Waals surface area contributed by atoms with Crippen LogP contribution in [0.5, 0.6) is 0 Å². The van der Waals surface area contributed by atoms with Crippen molar-refractivity contribution < 1.29 is 9.59 Å². The Morgan fingerprint density at radius 2 is 1.21 bits per heavy atom. The zero-order valence-corrected chi connectivity index (χ0v) is 10.9. The molecule has 2 nitrogen and oxygen atoms in total. The second kappa shape index (κ2) is 3.89. The molecule has 0 amide bonds. The minimum atomic E-state index is -0.149. The molecule has 0 saturated heterocycles. The third-order valence-corrected chi connectivity index (χ3v) is 3.55. The average molecular weight is 250 g/mol. The van der Waals surface area contributed by atoms with Crippen molar-refractivity contribution in [3.63, 3.8) is 0 Å². The molecule has 2 heteroatoms. The number of hydrogen-bond donors (Lipinski definition) is 0.